The number of esters is 1. The van der Waals surface area contributed by atoms with Gasteiger partial charge in [-0.1, -0.05) is 11.6 Å². The number of urea groups is 1. The molecule has 0 radical (unpaired) electrons. The number of hydrogen-bond donors (Lipinski definition) is 1. The number of fused-ring (bicyclic) bond motifs is 2. The second kappa shape index (κ2) is 9.30. The number of nitrogens with zero attached hydrogens (tertiary/aromatic N) is 3. The van der Waals surface area contributed by atoms with Gasteiger partial charge in [-0.05, 0) is 62.4 Å². The fourth-order valence-corrected chi connectivity index (χ4v) is 5.19. The van der Waals surface area contributed by atoms with E-state index in [4.69, 9.17) is 21.1 Å². The maximum atomic E-state index is 14.3. The maximum absolute atomic E-state index is 14.3. The molecule has 1 saturated carbocycles. The molecule has 1 unspecified atom stereocenters. The largest absolute Gasteiger partial charge is 0.484 e. The number of halogens is 2. The molecule has 1 aromatic carbocycles. The first-order valence-electron chi connectivity index (χ1n) is 12.3. The van der Waals surface area contributed by atoms with Crippen molar-refractivity contribution < 1.29 is 23.5 Å². The van der Waals surface area contributed by atoms with Crippen LogP contribution in [0.1, 0.15) is 71.2 Å². The zero-order valence-electron chi connectivity index (χ0n) is 20.1. The van der Waals surface area contributed by atoms with Crippen molar-refractivity contribution in [3.05, 3.63) is 75.6 Å². The predicted molar refractivity (Wildman–Crippen MR) is 135 cm³/mol. The van der Waals surface area contributed by atoms with E-state index in [1.54, 1.807) is 37.4 Å². The number of carbonyl (C=O) groups excluding carboxylic acids is 2. The van der Waals surface area contributed by atoms with Crippen molar-refractivity contribution in [3.63, 3.8) is 0 Å². The van der Waals surface area contributed by atoms with E-state index in [1.807, 2.05) is 0 Å². The van der Waals surface area contributed by atoms with Crippen LogP contribution in [0.3, 0.4) is 0 Å². The fourth-order valence-electron chi connectivity index (χ4n) is 4.90. The van der Waals surface area contributed by atoms with Crippen LogP contribution in [0.25, 0.3) is 0 Å². The Bertz CT molecular complexity index is 1430. The molecule has 1 fully saturated rings. The molecule has 37 heavy (non-hydrogen) atoms. The van der Waals surface area contributed by atoms with E-state index in [-0.39, 0.29) is 36.5 Å². The summed E-state index contributed by atoms with van der Waals surface area (Å²) in [6.07, 6.45) is 4.14. The van der Waals surface area contributed by atoms with Gasteiger partial charge in [0.25, 0.3) is 0 Å². The second-order valence-corrected chi connectivity index (χ2v) is 9.76. The van der Waals surface area contributed by atoms with Crippen LogP contribution in [-0.2, 0) is 17.7 Å². The number of rotatable bonds is 5. The monoisotopic (exact) mass is 522 g/mol. The number of hydrogen-bond acceptors (Lipinski definition) is 6. The summed E-state index contributed by atoms with van der Waals surface area (Å²) in [7, 11) is 0. The van der Waals surface area contributed by atoms with Crippen LogP contribution >= 0.6 is 11.6 Å². The lowest BCUT2D eigenvalue weighted by Gasteiger charge is -2.33. The Kier molecular flexibility index (Phi) is 5.95. The highest BCUT2D eigenvalue weighted by Gasteiger charge is 2.36. The molecule has 0 bridgehead atoms. The first-order valence-corrected chi connectivity index (χ1v) is 12.7. The molecule has 190 valence electrons. The molecule has 1 aliphatic carbocycles. The van der Waals surface area contributed by atoms with Gasteiger partial charge >= 0.3 is 12.0 Å². The standard InChI is InChI=1S/C27H24ClFN4O4/c1-2-36-26(34)20-11-19-16(24(31-20)14-5-6-14)13-33(27(35)32-19)21-12-23-15(10-17(21)28)7-8-22(37-23)25-18(29)4-3-9-30-25/h3-4,9-12,14,22H,2,5-8,13H2,1H3,(H,32,35). The van der Waals surface area contributed by atoms with Gasteiger partial charge in [-0.3, -0.25) is 9.88 Å². The minimum atomic E-state index is -0.536. The summed E-state index contributed by atoms with van der Waals surface area (Å²) >= 11 is 6.66. The van der Waals surface area contributed by atoms with Crippen molar-refractivity contribution in [1.29, 1.82) is 0 Å². The van der Waals surface area contributed by atoms with Gasteiger partial charge in [-0.2, -0.15) is 0 Å². The number of aryl methyl sites for hydroxylation is 1. The zero-order chi connectivity index (χ0) is 25.7. The molecule has 10 heteroatoms. The number of nitrogens with one attached hydrogen (secondary N) is 1. The first kappa shape index (κ1) is 23.7. The molecule has 8 nitrogen and oxygen atoms in total. The molecule has 0 saturated heterocycles. The minimum Gasteiger partial charge on any atom is -0.484 e. The summed E-state index contributed by atoms with van der Waals surface area (Å²) in [5.74, 6) is -0.161. The molecule has 2 aliphatic heterocycles. The van der Waals surface area contributed by atoms with E-state index in [0.29, 0.717) is 35.0 Å². The van der Waals surface area contributed by atoms with Crippen LogP contribution in [-0.4, -0.2) is 28.6 Å². The molecule has 3 aromatic rings. The summed E-state index contributed by atoms with van der Waals surface area (Å²) in [5, 5.41) is 3.31. The molecule has 2 amide bonds. The van der Waals surface area contributed by atoms with Crippen LogP contribution in [0, 0.1) is 5.82 Å². The number of amides is 2. The lowest BCUT2D eigenvalue weighted by atomic mass is 9.98. The molecule has 4 heterocycles. The van der Waals surface area contributed by atoms with Crippen LogP contribution in [0.5, 0.6) is 5.75 Å². The number of aromatic nitrogens is 2. The second-order valence-electron chi connectivity index (χ2n) is 9.36. The maximum Gasteiger partial charge on any atom is 0.356 e. The number of pyridine rings is 2. The predicted octanol–water partition coefficient (Wildman–Crippen LogP) is 5.94. The van der Waals surface area contributed by atoms with Gasteiger partial charge in [-0.25, -0.2) is 19.0 Å². The Hall–Kier alpha value is -3.72. The number of carbonyl (C=O) groups is 2. The average Bonchev–Trinajstić information content (AvgIpc) is 3.73. The van der Waals surface area contributed by atoms with Crippen LogP contribution in [0.15, 0.2) is 36.5 Å². The van der Waals surface area contributed by atoms with Crippen LogP contribution in [0.2, 0.25) is 5.02 Å². The van der Waals surface area contributed by atoms with Gasteiger partial charge < -0.3 is 14.8 Å². The van der Waals surface area contributed by atoms with E-state index in [9.17, 15) is 14.0 Å². The lowest BCUT2D eigenvalue weighted by Crippen LogP contribution is -2.40. The SMILES string of the molecule is CCOC(=O)c1cc2c(c(C3CC3)n1)CN(c1cc3c(cc1Cl)CCC(c1ncccc1F)O3)C(=O)N2. The molecule has 3 aliphatic rings. The van der Waals surface area contributed by atoms with Crippen LogP contribution < -0.4 is 15.0 Å². The third kappa shape index (κ3) is 4.37. The molecule has 6 rings (SSSR count). The highest BCUT2D eigenvalue weighted by molar-refractivity contribution is 6.34. The van der Waals surface area contributed by atoms with Gasteiger partial charge in [0.2, 0.25) is 0 Å². The van der Waals surface area contributed by atoms with Gasteiger partial charge in [0.1, 0.15) is 23.4 Å². The fraction of sp³-hybridized carbons (Fsp3) is 0.333. The van der Waals surface area contributed by atoms with Crippen molar-refractivity contribution >= 4 is 35.0 Å². The third-order valence-electron chi connectivity index (χ3n) is 6.87. The van der Waals surface area contributed by atoms with Gasteiger partial charge in [0.05, 0.1) is 35.2 Å². The number of ether oxygens (including phenoxy) is 2. The molecule has 1 atom stereocenters. The summed E-state index contributed by atoms with van der Waals surface area (Å²) in [4.78, 5) is 35.9. The average molecular weight is 523 g/mol. The van der Waals surface area contributed by atoms with Crippen molar-refractivity contribution in [3.8, 4) is 5.75 Å². The topological polar surface area (TPSA) is 93.7 Å². The van der Waals surface area contributed by atoms with Gasteiger partial charge in [0, 0.05) is 23.7 Å². The van der Waals surface area contributed by atoms with E-state index in [0.717, 1.165) is 29.7 Å². The zero-order valence-corrected chi connectivity index (χ0v) is 20.8. The molecular weight excluding hydrogens is 499 g/mol. The van der Waals surface area contributed by atoms with Crippen molar-refractivity contribution in [2.24, 2.45) is 0 Å². The Balaban J connectivity index is 1.34. The highest BCUT2D eigenvalue weighted by atomic mass is 35.5. The quantitative estimate of drug-likeness (QED) is 0.417. The van der Waals surface area contributed by atoms with Crippen LogP contribution in [0.4, 0.5) is 20.6 Å². The third-order valence-corrected chi connectivity index (χ3v) is 7.17. The summed E-state index contributed by atoms with van der Waals surface area (Å²) in [5.41, 5.74) is 3.99. The number of anilines is 2. The Morgan fingerprint density at radius 2 is 2.11 bits per heavy atom. The van der Waals surface area contributed by atoms with Gasteiger partial charge in [-0.15, -0.1) is 0 Å². The van der Waals surface area contributed by atoms with E-state index in [2.05, 4.69) is 15.3 Å². The smallest absolute Gasteiger partial charge is 0.356 e. The Morgan fingerprint density at radius 3 is 2.86 bits per heavy atom. The van der Waals surface area contributed by atoms with E-state index in [1.165, 1.54) is 11.0 Å². The number of benzene rings is 1. The Morgan fingerprint density at radius 1 is 1.27 bits per heavy atom. The van der Waals surface area contributed by atoms with Crippen molar-refractivity contribution in [2.45, 2.75) is 51.2 Å². The normalized spacial score (nSPS) is 18.4. The molecule has 0 spiro atoms. The van der Waals surface area contributed by atoms with Gasteiger partial charge in [0.15, 0.2) is 5.69 Å². The minimum absolute atomic E-state index is 0.184. The lowest BCUT2D eigenvalue weighted by molar-refractivity contribution is 0.0519. The van der Waals surface area contributed by atoms with Crippen molar-refractivity contribution in [1.82, 2.24) is 9.97 Å². The summed E-state index contributed by atoms with van der Waals surface area (Å²) < 4.78 is 25.6. The Labute approximate surface area is 217 Å². The van der Waals surface area contributed by atoms with Crippen molar-refractivity contribution in [2.75, 3.05) is 16.8 Å². The molecular formula is C27H24ClFN4O4. The summed E-state index contributed by atoms with van der Waals surface area (Å²) in [6, 6.07) is 7.61. The molecule has 2 aromatic heterocycles. The summed E-state index contributed by atoms with van der Waals surface area (Å²) in [6.45, 7) is 2.21. The molecule has 1 N–H and O–H groups in total. The van der Waals surface area contributed by atoms with E-state index < -0.39 is 17.9 Å². The first-order chi connectivity index (χ1) is 17.9. The highest BCUT2D eigenvalue weighted by Crippen LogP contribution is 2.46. The van der Waals surface area contributed by atoms with E-state index >= 15 is 0 Å².